The number of amides is 2. The maximum Gasteiger partial charge on any atom is 0.260 e. The molecule has 2 amide bonds. The van der Waals surface area contributed by atoms with Crippen LogP contribution in [0.15, 0.2) is 22.1 Å². The number of nitrogens with one attached hydrogen (secondary N) is 2. The Morgan fingerprint density at radius 2 is 2.29 bits per heavy atom. The number of furan rings is 1. The lowest BCUT2D eigenvalue weighted by Crippen LogP contribution is -2.35. The molecule has 0 spiro atoms. The van der Waals surface area contributed by atoms with E-state index in [0.29, 0.717) is 22.1 Å². The van der Waals surface area contributed by atoms with E-state index in [-0.39, 0.29) is 18.2 Å². The van der Waals surface area contributed by atoms with Crippen molar-refractivity contribution in [1.82, 2.24) is 15.2 Å². The van der Waals surface area contributed by atoms with Gasteiger partial charge in [0.2, 0.25) is 5.91 Å². The molecule has 8 heteroatoms. The highest BCUT2D eigenvalue weighted by Gasteiger charge is 2.18. The van der Waals surface area contributed by atoms with Crippen molar-refractivity contribution >= 4 is 28.3 Å². The van der Waals surface area contributed by atoms with Gasteiger partial charge < -0.3 is 14.6 Å². The second kappa shape index (κ2) is 7.59. The predicted molar refractivity (Wildman–Crippen MR) is 91.3 cm³/mol. The number of hydrogen-bond acceptors (Lipinski definition) is 6. The summed E-state index contributed by atoms with van der Waals surface area (Å²) >= 11 is 1.32. The van der Waals surface area contributed by atoms with Crippen molar-refractivity contribution in [3.63, 3.8) is 0 Å². The number of hydrogen-bond donors (Lipinski definition) is 2. The molecule has 7 nitrogen and oxygen atoms in total. The molecule has 24 heavy (non-hydrogen) atoms. The molecule has 1 saturated heterocycles. The first-order valence-electron chi connectivity index (χ1n) is 7.92. The van der Waals surface area contributed by atoms with E-state index >= 15 is 0 Å². The Morgan fingerprint density at radius 1 is 1.42 bits per heavy atom. The average molecular weight is 348 g/mol. The lowest BCUT2D eigenvalue weighted by atomic mass is 10.2. The SMILES string of the molecule is Cc1occc1C(=O)Nc1nc(CC(=O)N2CCCNCC2)cs1. The molecule has 128 valence electrons. The van der Waals surface area contributed by atoms with E-state index in [9.17, 15) is 9.59 Å². The minimum absolute atomic E-state index is 0.0764. The molecule has 0 bridgehead atoms. The molecule has 0 aromatic carbocycles. The van der Waals surface area contributed by atoms with E-state index in [0.717, 1.165) is 32.6 Å². The zero-order valence-electron chi connectivity index (χ0n) is 13.5. The molecule has 0 aliphatic carbocycles. The molecule has 0 saturated carbocycles. The Labute approximate surface area is 144 Å². The molecule has 3 heterocycles. The minimum atomic E-state index is -0.257. The van der Waals surface area contributed by atoms with Crippen LogP contribution in [0.25, 0.3) is 0 Å². The Hall–Kier alpha value is -2.19. The van der Waals surface area contributed by atoms with E-state index in [2.05, 4.69) is 15.6 Å². The molecule has 1 aliphatic rings. The number of anilines is 1. The van der Waals surface area contributed by atoms with Crippen LogP contribution in [0.2, 0.25) is 0 Å². The van der Waals surface area contributed by atoms with Gasteiger partial charge in [-0.2, -0.15) is 0 Å². The largest absolute Gasteiger partial charge is 0.469 e. The van der Waals surface area contributed by atoms with Gasteiger partial charge >= 0.3 is 0 Å². The number of thiazole rings is 1. The zero-order valence-corrected chi connectivity index (χ0v) is 14.3. The van der Waals surface area contributed by atoms with Crippen LogP contribution in [0, 0.1) is 6.92 Å². The van der Waals surface area contributed by atoms with Gasteiger partial charge in [-0.15, -0.1) is 11.3 Å². The lowest BCUT2D eigenvalue weighted by molar-refractivity contribution is -0.130. The number of nitrogens with zero attached hydrogens (tertiary/aromatic N) is 2. The van der Waals surface area contributed by atoms with Gasteiger partial charge in [0.1, 0.15) is 5.76 Å². The maximum absolute atomic E-state index is 12.3. The average Bonchev–Trinajstić information content (AvgIpc) is 3.07. The van der Waals surface area contributed by atoms with Crippen LogP contribution in [-0.4, -0.2) is 47.9 Å². The van der Waals surface area contributed by atoms with Crippen LogP contribution in [-0.2, 0) is 11.2 Å². The normalized spacial score (nSPS) is 15.1. The highest BCUT2D eigenvalue weighted by molar-refractivity contribution is 7.14. The summed E-state index contributed by atoms with van der Waals surface area (Å²) in [6.07, 6.45) is 2.71. The molecule has 1 aliphatic heterocycles. The second-order valence-electron chi connectivity index (χ2n) is 5.65. The topological polar surface area (TPSA) is 87.5 Å². The smallest absolute Gasteiger partial charge is 0.260 e. The van der Waals surface area contributed by atoms with Crippen molar-refractivity contribution in [2.75, 3.05) is 31.5 Å². The van der Waals surface area contributed by atoms with Crippen molar-refractivity contribution in [3.05, 3.63) is 34.7 Å². The summed E-state index contributed by atoms with van der Waals surface area (Å²) in [6.45, 7) is 5.01. The fraction of sp³-hybridized carbons (Fsp3) is 0.438. The van der Waals surface area contributed by atoms with Crippen molar-refractivity contribution in [1.29, 1.82) is 0 Å². The van der Waals surface area contributed by atoms with Gasteiger partial charge in [0.25, 0.3) is 5.91 Å². The van der Waals surface area contributed by atoms with Crippen molar-refractivity contribution < 1.29 is 14.0 Å². The second-order valence-corrected chi connectivity index (χ2v) is 6.51. The summed E-state index contributed by atoms with van der Waals surface area (Å²) in [5.41, 5.74) is 1.17. The monoisotopic (exact) mass is 348 g/mol. The van der Waals surface area contributed by atoms with Crippen molar-refractivity contribution in [2.24, 2.45) is 0 Å². The van der Waals surface area contributed by atoms with Crippen molar-refractivity contribution in [2.45, 2.75) is 19.8 Å². The first-order valence-corrected chi connectivity index (χ1v) is 8.80. The molecular formula is C16H20N4O3S. The summed E-state index contributed by atoms with van der Waals surface area (Å²) in [6, 6.07) is 1.62. The van der Waals surface area contributed by atoms with E-state index < -0.39 is 0 Å². The Bertz CT molecular complexity index is 716. The molecule has 2 aromatic heterocycles. The highest BCUT2D eigenvalue weighted by Crippen LogP contribution is 2.18. The van der Waals surface area contributed by atoms with Crippen LogP contribution in [0.3, 0.4) is 0 Å². The van der Waals surface area contributed by atoms with Gasteiger partial charge in [-0.3, -0.25) is 14.9 Å². The summed E-state index contributed by atoms with van der Waals surface area (Å²) in [4.78, 5) is 30.7. The molecule has 2 N–H and O–H groups in total. The summed E-state index contributed by atoms with van der Waals surface area (Å²) in [5, 5.41) is 8.32. The molecule has 0 unspecified atom stereocenters. The number of rotatable bonds is 4. The van der Waals surface area contributed by atoms with E-state index in [1.165, 1.54) is 17.6 Å². The number of aryl methyl sites for hydroxylation is 1. The fourth-order valence-corrected chi connectivity index (χ4v) is 3.30. The van der Waals surface area contributed by atoms with Crippen LogP contribution in [0.5, 0.6) is 0 Å². The van der Waals surface area contributed by atoms with Crippen molar-refractivity contribution in [3.8, 4) is 0 Å². The Morgan fingerprint density at radius 3 is 3.08 bits per heavy atom. The van der Waals surface area contributed by atoms with Gasteiger partial charge in [0, 0.05) is 25.0 Å². The third-order valence-corrected chi connectivity index (χ3v) is 4.71. The van der Waals surface area contributed by atoms with E-state index in [1.807, 2.05) is 10.3 Å². The van der Waals surface area contributed by atoms with Gasteiger partial charge in [0.05, 0.1) is 23.9 Å². The minimum Gasteiger partial charge on any atom is -0.469 e. The van der Waals surface area contributed by atoms with Gasteiger partial charge in [-0.05, 0) is 26.0 Å². The first kappa shape index (κ1) is 16.7. The molecular weight excluding hydrogens is 328 g/mol. The van der Waals surface area contributed by atoms with Gasteiger partial charge in [-0.25, -0.2) is 4.98 Å². The standard InChI is InChI=1S/C16H20N4O3S/c1-11-13(3-8-23-11)15(22)19-16-18-12(10-24-16)9-14(21)20-6-2-4-17-5-7-20/h3,8,10,17H,2,4-7,9H2,1H3,(H,18,19,22). The van der Waals surface area contributed by atoms with Crippen LogP contribution >= 0.6 is 11.3 Å². The number of aromatic nitrogens is 1. The number of carbonyl (C=O) groups excluding carboxylic acids is 2. The molecule has 0 radical (unpaired) electrons. The van der Waals surface area contributed by atoms with Crippen LogP contribution in [0.4, 0.5) is 5.13 Å². The Kier molecular flexibility index (Phi) is 5.27. The third kappa shape index (κ3) is 4.01. The van der Waals surface area contributed by atoms with Gasteiger partial charge in [0.15, 0.2) is 5.13 Å². The molecule has 2 aromatic rings. The van der Waals surface area contributed by atoms with E-state index in [1.54, 1.807) is 13.0 Å². The fourth-order valence-electron chi connectivity index (χ4n) is 2.59. The molecule has 0 atom stereocenters. The van der Waals surface area contributed by atoms with Crippen LogP contribution in [0.1, 0.15) is 28.2 Å². The third-order valence-electron chi connectivity index (χ3n) is 3.90. The summed E-state index contributed by atoms with van der Waals surface area (Å²) in [7, 11) is 0. The predicted octanol–water partition coefficient (Wildman–Crippen LogP) is 1.66. The highest BCUT2D eigenvalue weighted by atomic mass is 32.1. The van der Waals surface area contributed by atoms with Gasteiger partial charge in [-0.1, -0.05) is 0 Å². The lowest BCUT2D eigenvalue weighted by Gasteiger charge is -2.19. The van der Waals surface area contributed by atoms with Crippen LogP contribution < -0.4 is 10.6 Å². The van der Waals surface area contributed by atoms with E-state index in [4.69, 9.17) is 4.42 Å². The number of carbonyl (C=O) groups is 2. The maximum atomic E-state index is 12.3. The first-order chi connectivity index (χ1) is 11.6. The summed E-state index contributed by atoms with van der Waals surface area (Å²) < 4.78 is 5.13. The summed E-state index contributed by atoms with van der Waals surface area (Å²) in [5.74, 6) is 0.383. The molecule has 3 rings (SSSR count). The quantitative estimate of drug-likeness (QED) is 0.877. The molecule has 1 fully saturated rings. The zero-order chi connectivity index (χ0) is 16.9. The Balaban J connectivity index is 1.58.